The van der Waals surface area contributed by atoms with Crippen LogP contribution in [-0.4, -0.2) is 25.7 Å². The van der Waals surface area contributed by atoms with Gasteiger partial charge in [0.15, 0.2) is 0 Å². The Morgan fingerprint density at radius 2 is 2.06 bits per heavy atom. The van der Waals surface area contributed by atoms with Gasteiger partial charge in [0.1, 0.15) is 0 Å². The van der Waals surface area contributed by atoms with E-state index < -0.39 is 0 Å². The maximum absolute atomic E-state index is 3.58. The van der Waals surface area contributed by atoms with E-state index in [1.165, 1.54) is 44.3 Å². The molecule has 0 bridgehead atoms. The third-order valence-electron chi connectivity index (χ3n) is 4.42. The van der Waals surface area contributed by atoms with E-state index in [0.717, 1.165) is 13.1 Å². The largest absolute Gasteiger partial charge is 0.370 e. The van der Waals surface area contributed by atoms with E-state index in [-0.39, 0.29) is 0 Å². The van der Waals surface area contributed by atoms with Crippen LogP contribution in [0.1, 0.15) is 37.3 Å². The first-order valence-corrected chi connectivity index (χ1v) is 7.44. The third-order valence-corrected chi connectivity index (χ3v) is 4.42. The molecule has 18 heavy (non-hydrogen) atoms. The van der Waals surface area contributed by atoms with Crippen LogP contribution in [0.3, 0.4) is 0 Å². The molecule has 2 aliphatic rings. The van der Waals surface area contributed by atoms with E-state index in [0.29, 0.717) is 6.04 Å². The van der Waals surface area contributed by atoms with Gasteiger partial charge in [0.25, 0.3) is 0 Å². The second-order valence-electron chi connectivity index (χ2n) is 5.75. The van der Waals surface area contributed by atoms with Crippen LogP contribution in [0.2, 0.25) is 0 Å². The van der Waals surface area contributed by atoms with Gasteiger partial charge in [0, 0.05) is 31.4 Å². The molecule has 2 nitrogen and oxygen atoms in total. The lowest BCUT2D eigenvalue weighted by Gasteiger charge is -2.28. The Hall–Kier alpha value is -1.02. The van der Waals surface area contributed by atoms with Gasteiger partial charge in [-0.15, -0.1) is 0 Å². The van der Waals surface area contributed by atoms with E-state index in [9.17, 15) is 0 Å². The molecule has 0 spiro atoms. The zero-order chi connectivity index (χ0) is 12.4. The Kier molecular flexibility index (Phi) is 3.55. The highest BCUT2D eigenvalue weighted by atomic mass is 15.2. The molecule has 1 unspecified atom stereocenters. The van der Waals surface area contributed by atoms with E-state index in [1.807, 2.05) is 0 Å². The summed E-state index contributed by atoms with van der Waals surface area (Å²) < 4.78 is 0. The van der Waals surface area contributed by atoms with Gasteiger partial charge >= 0.3 is 0 Å². The lowest BCUT2D eigenvalue weighted by Crippen LogP contribution is -2.30. The molecular formula is C16H24N2. The number of hydrogen-bond acceptors (Lipinski definition) is 2. The molecule has 2 heteroatoms. The summed E-state index contributed by atoms with van der Waals surface area (Å²) in [6.07, 6.45) is 6.56. The number of hydrogen-bond donors (Lipinski definition) is 1. The summed E-state index contributed by atoms with van der Waals surface area (Å²) in [7, 11) is 0. The van der Waals surface area contributed by atoms with Crippen molar-refractivity contribution < 1.29 is 0 Å². The van der Waals surface area contributed by atoms with E-state index in [4.69, 9.17) is 0 Å². The predicted octanol–water partition coefficient (Wildman–Crippen LogP) is 2.75. The van der Waals surface area contributed by atoms with Crippen LogP contribution in [0.4, 0.5) is 5.69 Å². The molecule has 1 atom stereocenters. The summed E-state index contributed by atoms with van der Waals surface area (Å²) in [6.45, 7) is 5.76. The summed E-state index contributed by atoms with van der Waals surface area (Å²) in [5, 5.41) is 3.58. The van der Waals surface area contributed by atoms with Crippen LogP contribution in [0.25, 0.3) is 0 Å². The third kappa shape index (κ3) is 2.39. The molecule has 1 aliphatic carbocycles. The molecule has 0 radical (unpaired) electrons. The minimum absolute atomic E-state index is 0.662. The predicted molar refractivity (Wildman–Crippen MR) is 77.4 cm³/mol. The second kappa shape index (κ2) is 5.31. The first-order chi connectivity index (χ1) is 8.84. The molecular weight excluding hydrogens is 220 g/mol. The molecule has 0 amide bonds. The van der Waals surface area contributed by atoms with Crippen molar-refractivity contribution in [3.05, 3.63) is 29.3 Å². The molecule has 1 aliphatic heterocycles. The van der Waals surface area contributed by atoms with Gasteiger partial charge in [0.2, 0.25) is 0 Å². The maximum atomic E-state index is 3.58. The normalized spacial score (nSPS) is 24.5. The quantitative estimate of drug-likeness (QED) is 0.817. The van der Waals surface area contributed by atoms with Gasteiger partial charge in [-0.05, 0) is 56.2 Å². The Labute approximate surface area is 110 Å². The average Bonchev–Trinajstić information content (AvgIpc) is 2.63. The summed E-state index contributed by atoms with van der Waals surface area (Å²) in [5.74, 6) is 0. The van der Waals surface area contributed by atoms with Gasteiger partial charge in [0.05, 0.1) is 0 Å². The van der Waals surface area contributed by atoms with Gasteiger partial charge in [-0.2, -0.15) is 0 Å². The summed E-state index contributed by atoms with van der Waals surface area (Å²) in [4.78, 5) is 2.60. The molecule has 0 aromatic heterocycles. The van der Waals surface area contributed by atoms with Crippen molar-refractivity contribution in [2.75, 3.05) is 24.5 Å². The van der Waals surface area contributed by atoms with Crippen LogP contribution in [0, 0.1) is 0 Å². The first-order valence-electron chi connectivity index (χ1n) is 7.44. The smallest absolute Gasteiger partial charge is 0.0401 e. The van der Waals surface area contributed by atoms with Crippen molar-refractivity contribution in [1.29, 1.82) is 0 Å². The fourth-order valence-corrected chi connectivity index (χ4v) is 3.31. The lowest BCUT2D eigenvalue weighted by atomic mass is 9.90. The number of nitrogens with zero attached hydrogens (tertiary/aromatic N) is 1. The highest BCUT2D eigenvalue weighted by Gasteiger charge is 2.19. The SMILES string of the molecule is CC1CCN(c2cccc3c2CCCC3)CCN1. The Morgan fingerprint density at radius 1 is 1.17 bits per heavy atom. The molecule has 1 N–H and O–H groups in total. The molecule has 98 valence electrons. The number of anilines is 1. The molecule has 1 aromatic rings. The van der Waals surface area contributed by atoms with Crippen LogP contribution in [0.5, 0.6) is 0 Å². The fraction of sp³-hybridized carbons (Fsp3) is 0.625. The number of aryl methyl sites for hydroxylation is 1. The molecule has 3 rings (SSSR count). The first kappa shape index (κ1) is 12.0. The monoisotopic (exact) mass is 244 g/mol. The van der Waals surface area contributed by atoms with Gasteiger partial charge in [-0.1, -0.05) is 12.1 Å². The van der Waals surface area contributed by atoms with Crippen LogP contribution < -0.4 is 10.2 Å². The highest BCUT2D eigenvalue weighted by Crippen LogP contribution is 2.30. The van der Waals surface area contributed by atoms with E-state index in [2.05, 4.69) is 35.3 Å². The van der Waals surface area contributed by atoms with Gasteiger partial charge in [-0.25, -0.2) is 0 Å². The van der Waals surface area contributed by atoms with Crippen LogP contribution in [-0.2, 0) is 12.8 Å². The van der Waals surface area contributed by atoms with Gasteiger partial charge in [-0.3, -0.25) is 0 Å². The molecule has 1 saturated heterocycles. The van der Waals surface area contributed by atoms with Crippen molar-refractivity contribution >= 4 is 5.69 Å². The number of benzene rings is 1. The number of nitrogens with one attached hydrogen (secondary N) is 1. The van der Waals surface area contributed by atoms with Crippen molar-refractivity contribution in [3.63, 3.8) is 0 Å². The molecule has 1 aromatic carbocycles. The van der Waals surface area contributed by atoms with Crippen molar-refractivity contribution in [2.24, 2.45) is 0 Å². The van der Waals surface area contributed by atoms with Crippen LogP contribution in [0.15, 0.2) is 18.2 Å². The lowest BCUT2D eigenvalue weighted by molar-refractivity contribution is 0.566. The zero-order valence-corrected chi connectivity index (χ0v) is 11.4. The van der Waals surface area contributed by atoms with Gasteiger partial charge < -0.3 is 10.2 Å². The summed E-state index contributed by atoms with van der Waals surface area (Å²) >= 11 is 0. The Bertz CT molecular complexity index is 414. The molecule has 1 fully saturated rings. The molecule has 0 saturated carbocycles. The van der Waals surface area contributed by atoms with E-state index in [1.54, 1.807) is 11.1 Å². The Morgan fingerprint density at radius 3 is 3.00 bits per heavy atom. The van der Waals surface area contributed by atoms with Crippen LogP contribution >= 0.6 is 0 Å². The molecule has 1 heterocycles. The topological polar surface area (TPSA) is 15.3 Å². The minimum atomic E-state index is 0.662. The number of fused-ring (bicyclic) bond motifs is 1. The van der Waals surface area contributed by atoms with E-state index >= 15 is 0 Å². The summed E-state index contributed by atoms with van der Waals surface area (Å²) in [6, 6.07) is 7.58. The fourth-order valence-electron chi connectivity index (χ4n) is 3.31. The van der Waals surface area contributed by atoms with Crippen molar-refractivity contribution in [3.8, 4) is 0 Å². The van der Waals surface area contributed by atoms with Crippen molar-refractivity contribution in [1.82, 2.24) is 5.32 Å². The van der Waals surface area contributed by atoms with Crippen molar-refractivity contribution in [2.45, 2.75) is 45.1 Å². The highest BCUT2D eigenvalue weighted by molar-refractivity contribution is 5.57. The minimum Gasteiger partial charge on any atom is -0.370 e. The second-order valence-corrected chi connectivity index (χ2v) is 5.75. The Balaban J connectivity index is 1.87. The number of rotatable bonds is 1. The standard InChI is InChI=1S/C16H24N2/c1-13-9-11-18(12-10-17-13)16-8-4-6-14-5-2-3-7-15(14)16/h4,6,8,13,17H,2-3,5,7,9-12H2,1H3. The summed E-state index contributed by atoms with van der Waals surface area (Å²) in [5.41, 5.74) is 4.76. The maximum Gasteiger partial charge on any atom is 0.0401 e. The average molecular weight is 244 g/mol. The zero-order valence-electron chi connectivity index (χ0n) is 11.4.